The standard InChI is InChI=1S/C13H23N3/c1-4-6-7-8-12(14-9-5-2)13-15-10-11-16(13)3/h4,10-12,14H,1,5-9H2,2-3H3. The predicted molar refractivity (Wildman–Crippen MR) is 68.3 cm³/mol. The van der Waals surface area contributed by atoms with Crippen LogP contribution < -0.4 is 5.32 Å². The van der Waals surface area contributed by atoms with E-state index in [4.69, 9.17) is 0 Å². The Kier molecular flexibility index (Phi) is 5.86. The third-order valence-electron chi connectivity index (χ3n) is 2.71. The number of hydrogen-bond donors (Lipinski definition) is 1. The Hall–Kier alpha value is -1.09. The lowest BCUT2D eigenvalue weighted by Gasteiger charge is -2.17. The summed E-state index contributed by atoms with van der Waals surface area (Å²) in [6.07, 6.45) is 10.4. The molecule has 1 rings (SSSR count). The maximum Gasteiger partial charge on any atom is 0.125 e. The van der Waals surface area contributed by atoms with Crippen LogP contribution in [-0.2, 0) is 7.05 Å². The van der Waals surface area contributed by atoms with Gasteiger partial charge in [0.15, 0.2) is 0 Å². The largest absolute Gasteiger partial charge is 0.337 e. The second-order valence-electron chi connectivity index (χ2n) is 4.12. The fourth-order valence-electron chi connectivity index (χ4n) is 1.82. The van der Waals surface area contributed by atoms with Crippen LogP contribution in [0.1, 0.15) is 44.5 Å². The number of nitrogens with one attached hydrogen (secondary N) is 1. The number of imidazole rings is 1. The van der Waals surface area contributed by atoms with Crippen LogP contribution in [-0.4, -0.2) is 16.1 Å². The maximum atomic E-state index is 4.42. The SMILES string of the molecule is C=CCCCC(NCCC)c1nccn1C. The molecule has 0 bridgehead atoms. The molecule has 0 saturated heterocycles. The Labute approximate surface area is 98.6 Å². The summed E-state index contributed by atoms with van der Waals surface area (Å²) < 4.78 is 2.10. The first kappa shape index (κ1) is 13.0. The molecule has 0 amide bonds. The third kappa shape index (κ3) is 3.81. The van der Waals surface area contributed by atoms with E-state index in [1.165, 1.54) is 0 Å². The number of aryl methyl sites for hydroxylation is 1. The third-order valence-corrected chi connectivity index (χ3v) is 2.71. The Morgan fingerprint density at radius 2 is 2.44 bits per heavy atom. The minimum Gasteiger partial charge on any atom is -0.337 e. The minimum absolute atomic E-state index is 0.375. The van der Waals surface area contributed by atoms with Gasteiger partial charge >= 0.3 is 0 Å². The fourth-order valence-corrected chi connectivity index (χ4v) is 1.82. The second kappa shape index (κ2) is 7.23. The van der Waals surface area contributed by atoms with Gasteiger partial charge in [-0.05, 0) is 32.2 Å². The molecule has 3 heteroatoms. The van der Waals surface area contributed by atoms with Crippen LogP contribution in [0.25, 0.3) is 0 Å². The molecule has 0 spiro atoms. The highest BCUT2D eigenvalue weighted by Crippen LogP contribution is 2.17. The molecule has 1 N–H and O–H groups in total. The molecule has 0 fully saturated rings. The maximum absolute atomic E-state index is 4.42. The smallest absolute Gasteiger partial charge is 0.125 e. The van der Waals surface area contributed by atoms with E-state index >= 15 is 0 Å². The van der Waals surface area contributed by atoms with Crippen LogP contribution in [0, 0.1) is 0 Å². The van der Waals surface area contributed by atoms with Crippen molar-refractivity contribution >= 4 is 0 Å². The minimum atomic E-state index is 0.375. The predicted octanol–water partition coefficient (Wildman–Crippen LogP) is 2.82. The van der Waals surface area contributed by atoms with Crippen molar-refractivity contribution in [3.8, 4) is 0 Å². The summed E-state index contributed by atoms with van der Waals surface area (Å²) in [5, 5.41) is 3.55. The van der Waals surface area contributed by atoms with Gasteiger partial charge in [-0.25, -0.2) is 4.98 Å². The van der Waals surface area contributed by atoms with Gasteiger partial charge in [0.1, 0.15) is 5.82 Å². The van der Waals surface area contributed by atoms with Gasteiger partial charge in [0, 0.05) is 19.4 Å². The van der Waals surface area contributed by atoms with Gasteiger partial charge in [0.2, 0.25) is 0 Å². The molecule has 0 aliphatic heterocycles. The van der Waals surface area contributed by atoms with E-state index in [1.807, 2.05) is 18.5 Å². The monoisotopic (exact) mass is 221 g/mol. The quantitative estimate of drug-likeness (QED) is 0.540. The fraction of sp³-hybridized carbons (Fsp3) is 0.615. The van der Waals surface area contributed by atoms with Crippen molar-refractivity contribution in [2.24, 2.45) is 7.05 Å². The zero-order valence-corrected chi connectivity index (χ0v) is 10.4. The topological polar surface area (TPSA) is 29.9 Å². The number of rotatable bonds is 8. The molecule has 1 atom stereocenters. The lowest BCUT2D eigenvalue weighted by molar-refractivity contribution is 0.455. The Balaban J connectivity index is 2.56. The van der Waals surface area contributed by atoms with Crippen molar-refractivity contribution < 1.29 is 0 Å². The van der Waals surface area contributed by atoms with Crippen molar-refractivity contribution in [2.45, 2.75) is 38.6 Å². The molecule has 3 nitrogen and oxygen atoms in total. The van der Waals surface area contributed by atoms with Crippen LogP contribution >= 0.6 is 0 Å². The summed E-state index contributed by atoms with van der Waals surface area (Å²) in [7, 11) is 2.05. The number of allylic oxidation sites excluding steroid dienone is 1. The first-order chi connectivity index (χ1) is 7.79. The molecule has 1 unspecified atom stereocenters. The Bertz CT molecular complexity index is 304. The molecule has 1 heterocycles. The van der Waals surface area contributed by atoms with Gasteiger partial charge in [0.05, 0.1) is 6.04 Å². The average molecular weight is 221 g/mol. The molecule has 0 aromatic carbocycles. The van der Waals surface area contributed by atoms with E-state index in [0.717, 1.165) is 38.1 Å². The molecule has 90 valence electrons. The lowest BCUT2D eigenvalue weighted by atomic mass is 10.1. The summed E-state index contributed by atoms with van der Waals surface area (Å²) in [6, 6.07) is 0.375. The van der Waals surface area contributed by atoms with E-state index in [9.17, 15) is 0 Å². The zero-order chi connectivity index (χ0) is 11.8. The molecular weight excluding hydrogens is 198 g/mol. The van der Waals surface area contributed by atoms with Gasteiger partial charge in [-0.3, -0.25) is 0 Å². The molecule has 0 aliphatic carbocycles. The highest BCUT2D eigenvalue weighted by molar-refractivity contribution is 4.98. The summed E-state index contributed by atoms with van der Waals surface area (Å²) in [4.78, 5) is 4.42. The van der Waals surface area contributed by atoms with Crippen molar-refractivity contribution in [1.82, 2.24) is 14.9 Å². The van der Waals surface area contributed by atoms with E-state index in [1.54, 1.807) is 0 Å². The number of aromatic nitrogens is 2. The average Bonchev–Trinajstić information content (AvgIpc) is 2.70. The molecule has 0 aliphatic rings. The first-order valence-corrected chi connectivity index (χ1v) is 6.11. The van der Waals surface area contributed by atoms with Gasteiger partial charge in [-0.2, -0.15) is 0 Å². The molecule has 16 heavy (non-hydrogen) atoms. The molecule has 0 radical (unpaired) electrons. The van der Waals surface area contributed by atoms with Gasteiger partial charge in [-0.1, -0.05) is 13.0 Å². The summed E-state index contributed by atoms with van der Waals surface area (Å²) in [5.41, 5.74) is 0. The highest BCUT2D eigenvalue weighted by atomic mass is 15.1. The van der Waals surface area contributed by atoms with Crippen LogP contribution in [0.2, 0.25) is 0 Å². The first-order valence-electron chi connectivity index (χ1n) is 6.11. The molecule has 0 saturated carbocycles. The Morgan fingerprint density at radius 3 is 3.00 bits per heavy atom. The Morgan fingerprint density at radius 1 is 1.62 bits per heavy atom. The van der Waals surface area contributed by atoms with Gasteiger partial charge < -0.3 is 9.88 Å². The summed E-state index contributed by atoms with van der Waals surface area (Å²) in [5.74, 6) is 1.14. The van der Waals surface area contributed by atoms with Crippen LogP contribution in [0.5, 0.6) is 0 Å². The summed E-state index contributed by atoms with van der Waals surface area (Å²) in [6.45, 7) is 6.99. The van der Waals surface area contributed by atoms with E-state index < -0.39 is 0 Å². The van der Waals surface area contributed by atoms with Crippen molar-refractivity contribution in [3.63, 3.8) is 0 Å². The second-order valence-corrected chi connectivity index (χ2v) is 4.12. The summed E-state index contributed by atoms with van der Waals surface area (Å²) >= 11 is 0. The number of unbranched alkanes of at least 4 members (excludes halogenated alkanes) is 1. The molecule has 1 aromatic heterocycles. The van der Waals surface area contributed by atoms with Crippen molar-refractivity contribution in [3.05, 3.63) is 30.9 Å². The number of nitrogens with zero attached hydrogens (tertiary/aromatic N) is 2. The van der Waals surface area contributed by atoms with Crippen molar-refractivity contribution in [1.29, 1.82) is 0 Å². The highest BCUT2D eigenvalue weighted by Gasteiger charge is 2.13. The van der Waals surface area contributed by atoms with E-state index in [-0.39, 0.29) is 0 Å². The van der Waals surface area contributed by atoms with Gasteiger partial charge in [0.25, 0.3) is 0 Å². The lowest BCUT2D eigenvalue weighted by Crippen LogP contribution is -2.24. The zero-order valence-electron chi connectivity index (χ0n) is 10.4. The number of hydrogen-bond acceptors (Lipinski definition) is 2. The van der Waals surface area contributed by atoms with Crippen LogP contribution in [0.4, 0.5) is 0 Å². The van der Waals surface area contributed by atoms with E-state index in [0.29, 0.717) is 6.04 Å². The van der Waals surface area contributed by atoms with Crippen molar-refractivity contribution in [2.75, 3.05) is 6.54 Å². The van der Waals surface area contributed by atoms with Crippen LogP contribution in [0.3, 0.4) is 0 Å². The molecule has 1 aromatic rings. The molecular formula is C13H23N3. The van der Waals surface area contributed by atoms with Crippen LogP contribution in [0.15, 0.2) is 25.0 Å². The van der Waals surface area contributed by atoms with Gasteiger partial charge in [-0.15, -0.1) is 6.58 Å². The van der Waals surface area contributed by atoms with E-state index in [2.05, 4.69) is 35.4 Å². The normalized spacial score (nSPS) is 12.6.